The zero-order chi connectivity index (χ0) is 15.8. The van der Waals surface area contributed by atoms with E-state index in [0.717, 1.165) is 31.6 Å². The Morgan fingerprint density at radius 3 is 2.36 bits per heavy atom. The third-order valence-corrected chi connectivity index (χ3v) is 3.85. The standard InChI is InChI=1S/C18H23B2N2/c1-3-15-7-5-9-17(13-15)21-11-12-22(20-19)18-10-6-8-16(4-2)14-18/h5-10,13-14,21H,3-4,11-12H2,1-2H3. The lowest BCUT2D eigenvalue weighted by Gasteiger charge is -2.24. The molecule has 0 atom stereocenters. The first-order chi connectivity index (χ1) is 10.8. The molecule has 0 aliphatic rings. The highest BCUT2D eigenvalue weighted by Gasteiger charge is 2.05. The Bertz CT molecular complexity index is 587. The van der Waals surface area contributed by atoms with Gasteiger partial charge in [0.15, 0.2) is 7.31 Å². The second kappa shape index (κ2) is 8.57. The third-order valence-electron chi connectivity index (χ3n) is 3.85. The molecule has 0 saturated heterocycles. The van der Waals surface area contributed by atoms with Crippen LogP contribution in [0.1, 0.15) is 25.0 Å². The number of benzene rings is 2. The van der Waals surface area contributed by atoms with Crippen LogP contribution in [-0.4, -0.2) is 28.1 Å². The summed E-state index contributed by atoms with van der Waals surface area (Å²) in [6, 6.07) is 17.1. The molecule has 2 nitrogen and oxygen atoms in total. The molecule has 0 heterocycles. The molecule has 0 fully saturated rings. The van der Waals surface area contributed by atoms with Crippen molar-refractivity contribution in [1.29, 1.82) is 0 Å². The van der Waals surface area contributed by atoms with Crippen LogP contribution in [0.3, 0.4) is 0 Å². The van der Waals surface area contributed by atoms with Gasteiger partial charge in [-0.3, -0.25) is 0 Å². The van der Waals surface area contributed by atoms with Gasteiger partial charge in [0.25, 0.3) is 0 Å². The highest BCUT2D eigenvalue weighted by atomic mass is 15.1. The molecule has 22 heavy (non-hydrogen) atoms. The molecule has 0 aromatic heterocycles. The smallest absolute Gasteiger partial charge is 0.184 e. The molecule has 1 N–H and O–H groups in total. The van der Waals surface area contributed by atoms with Gasteiger partial charge in [-0.05, 0) is 48.2 Å². The van der Waals surface area contributed by atoms with Crippen molar-refractivity contribution in [3.05, 3.63) is 59.7 Å². The highest BCUT2D eigenvalue weighted by molar-refractivity contribution is 6.91. The minimum absolute atomic E-state index is 0.833. The van der Waals surface area contributed by atoms with E-state index in [1.807, 2.05) is 0 Å². The van der Waals surface area contributed by atoms with Crippen molar-refractivity contribution in [1.82, 2.24) is 0 Å². The summed E-state index contributed by atoms with van der Waals surface area (Å²) >= 11 is 0. The van der Waals surface area contributed by atoms with Crippen molar-refractivity contribution in [2.45, 2.75) is 26.7 Å². The summed E-state index contributed by atoms with van der Waals surface area (Å²) in [5, 5.41) is 3.47. The van der Waals surface area contributed by atoms with Crippen LogP contribution in [-0.2, 0) is 12.8 Å². The van der Waals surface area contributed by atoms with E-state index in [-0.39, 0.29) is 0 Å². The fraction of sp³-hybridized carbons (Fsp3) is 0.333. The summed E-state index contributed by atoms with van der Waals surface area (Å²) in [6.07, 6.45) is 2.09. The maximum atomic E-state index is 5.79. The molecule has 111 valence electrons. The average molecular weight is 289 g/mol. The molecule has 3 radical (unpaired) electrons. The Balaban J connectivity index is 1.93. The molecule has 4 heteroatoms. The van der Waals surface area contributed by atoms with E-state index in [0.29, 0.717) is 0 Å². The van der Waals surface area contributed by atoms with Gasteiger partial charge in [0, 0.05) is 32.2 Å². The molecule has 0 bridgehead atoms. The number of hydrogen-bond donors (Lipinski definition) is 1. The number of nitrogens with one attached hydrogen (secondary N) is 1. The van der Waals surface area contributed by atoms with E-state index in [9.17, 15) is 0 Å². The zero-order valence-electron chi connectivity index (χ0n) is 13.5. The normalized spacial score (nSPS) is 10.3. The van der Waals surface area contributed by atoms with Crippen molar-refractivity contribution in [3.63, 3.8) is 0 Å². The molecule has 0 aliphatic heterocycles. The van der Waals surface area contributed by atoms with E-state index < -0.39 is 0 Å². The van der Waals surface area contributed by atoms with Gasteiger partial charge in [0.05, 0.1) is 0 Å². The number of hydrogen-bond acceptors (Lipinski definition) is 2. The average Bonchev–Trinajstić information content (AvgIpc) is 2.59. The highest BCUT2D eigenvalue weighted by Crippen LogP contribution is 2.16. The predicted molar refractivity (Wildman–Crippen MR) is 99.0 cm³/mol. The molecule has 0 amide bonds. The van der Waals surface area contributed by atoms with Crippen LogP contribution < -0.4 is 10.1 Å². The van der Waals surface area contributed by atoms with E-state index >= 15 is 0 Å². The summed E-state index contributed by atoms with van der Waals surface area (Å²) in [6.45, 7) is 6.01. The zero-order valence-corrected chi connectivity index (χ0v) is 13.5. The molecule has 0 spiro atoms. The summed E-state index contributed by atoms with van der Waals surface area (Å²) in [5.74, 6) is 0. The Kier molecular flexibility index (Phi) is 6.45. The van der Waals surface area contributed by atoms with Crippen LogP contribution in [0.2, 0.25) is 0 Å². The van der Waals surface area contributed by atoms with E-state index in [2.05, 4.69) is 72.5 Å². The predicted octanol–water partition coefficient (Wildman–Crippen LogP) is 3.43. The van der Waals surface area contributed by atoms with E-state index in [1.165, 1.54) is 16.8 Å². The number of aryl methyl sites for hydroxylation is 2. The molecular formula is C18H23B2N2. The van der Waals surface area contributed by atoms with Gasteiger partial charge in [0.2, 0.25) is 0 Å². The Morgan fingerprint density at radius 2 is 1.68 bits per heavy atom. The summed E-state index contributed by atoms with van der Waals surface area (Å²) in [7, 11) is 7.45. The van der Waals surface area contributed by atoms with Crippen LogP contribution >= 0.6 is 0 Å². The SMILES string of the molecule is [B][B]N(CCNc1cccc(CC)c1)c1cccc(CC)c1. The lowest BCUT2D eigenvalue weighted by Crippen LogP contribution is -2.33. The van der Waals surface area contributed by atoms with Crippen LogP contribution in [0.5, 0.6) is 0 Å². The molecule has 0 saturated carbocycles. The molecular weight excluding hydrogens is 266 g/mol. The number of anilines is 2. The minimum atomic E-state index is 0.833. The Labute approximate surface area is 136 Å². The quantitative estimate of drug-likeness (QED) is 0.749. The monoisotopic (exact) mass is 289 g/mol. The van der Waals surface area contributed by atoms with Gasteiger partial charge in [-0.1, -0.05) is 38.1 Å². The molecule has 2 aromatic rings. The van der Waals surface area contributed by atoms with Crippen molar-refractivity contribution >= 4 is 26.4 Å². The van der Waals surface area contributed by atoms with Gasteiger partial charge in [0.1, 0.15) is 0 Å². The van der Waals surface area contributed by atoms with Crippen molar-refractivity contribution < 1.29 is 0 Å². The lowest BCUT2D eigenvalue weighted by atomic mass is 9.65. The minimum Gasteiger partial charge on any atom is -0.427 e. The van der Waals surface area contributed by atoms with Crippen LogP contribution in [0, 0.1) is 0 Å². The molecule has 2 aromatic carbocycles. The van der Waals surface area contributed by atoms with Gasteiger partial charge < -0.3 is 10.1 Å². The Morgan fingerprint density at radius 1 is 1.00 bits per heavy atom. The van der Waals surface area contributed by atoms with Crippen molar-refractivity contribution in [2.75, 3.05) is 23.2 Å². The van der Waals surface area contributed by atoms with E-state index in [4.69, 9.17) is 7.74 Å². The summed E-state index contributed by atoms with van der Waals surface area (Å²) in [5.41, 5.74) is 4.99. The lowest BCUT2D eigenvalue weighted by molar-refractivity contribution is 1.000. The van der Waals surface area contributed by atoms with Crippen molar-refractivity contribution in [3.8, 4) is 0 Å². The fourth-order valence-electron chi connectivity index (χ4n) is 2.47. The topological polar surface area (TPSA) is 15.3 Å². The maximum Gasteiger partial charge on any atom is 0.184 e. The van der Waals surface area contributed by atoms with Crippen LogP contribution in [0.4, 0.5) is 11.4 Å². The summed E-state index contributed by atoms with van der Waals surface area (Å²) < 4.78 is 0. The number of rotatable bonds is 8. The first kappa shape index (κ1) is 16.5. The third kappa shape index (κ3) is 4.59. The fourth-order valence-corrected chi connectivity index (χ4v) is 2.47. The Hall–Kier alpha value is -1.83. The number of nitrogens with zero attached hydrogens (tertiary/aromatic N) is 1. The van der Waals surface area contributed by atoms with Crippen LogP contribution in [0.15, 0.2) is 48.5 Å². The van der Waals surface area contributed by atoms with Crippen LogP contribution in [0.25, 0.3) is 0 Å². The second-order valence-corrected chi connectivity index (χ2v) is 5.35. The maximum absolute atomic E-state index is 5.79. The molecule has 2 rings (SSSR count). The molecule has 0 unspecified atom stereocenters. The van der Waals surface area contributed by atoms with Gasteiger partial charge in [-0.15, -0.1) is 0 Å². The first-order valence-corrected chi connectivity index (χ1v) is 8.00. The van der Waals surface area contributed by atoms with E-state index in [1.54, 1.807) is 7.31 Å². The molecule has 0 aliphatic carbocycles. The largest absolute Gasteiger partial charge is 0.427 e. The van der Waals surface area contributed by atoms with Gasteiger partial charge >= 0.3 is 0 Å². The summed E-state index contributed by atoms with van der Waals surface area (Å²) in [4.78, 5) is 2.08. The second-order valence-electron chi connectivity index (χ2n) is 5.35. The van der Waals surface area contributed by atoms with Gasteiger partial charge in [-0.2, -0.15) is 0 Å². The first-order valence-electron chi connectivity index (χ1n) is 8.00. The van der Waals surface area contributed by atoms with Gasteiger partial charge in [-0.25, -0.2) is 0 Å². The van der Waals surface area contributed by atoms with Crippen molar-refractivity contribution in [2.24, 2.45) is 0 Å².